The molecule has 5 nitrogen and oxygen atoms in total. The molecule has 2 atom stereocenters. The molecule has 118 valence electrons. The molecule has 0 aliphatic heterocycles. The van der Waals surface area contributed by atoms with Gasteiger partial charge in [0.25, 0.3) is 0 Å². The second-order valence-electron chi connectivity index (χ2n) is 6.35. The molecule has 2 unspecified atom stereocenters. The summed E-state index contributed by atoms with van der Waals surface area (Å²) in [7, 11) is 2.05. The third-order valence-corrected chi connectivity index (χ3v) is 4.51. The molecule has 1 aromatic carbocycles. The maximum absolute atomic E-state index is 10.1. The minimum atomic E-state index is -0.168. The lowest BCUT2D eigenvalue weighted by molar-refractivity contribution is 0.0497. The first-order valence-electron chi connectivity index (χ1n) is 8.01. The van der Waals surface area contributed by atoms with E-state index >= 15 is 0 Å². The molecule has 1 heterocycles. The van der Waals surface area contributed by atoms with Gasteiger partial charge in [-0.3, -0.25) is 4.90 Å². The Balaban J connectivity index is 1.69. The van der Waals surface area contributed by atoms with E-state index in [4.69, 9.17) is 5.73 Å². The highest BCUT2D eigenvalue weighted by Crippen LogP contribution is 2.25. The molecular weight excluding hydrogens is 276 g/mol. The molecule has 1 fully saturated rings. The highest BCUT2D eigenvalue weighted by atomic mass is 16.3. The van der Waals surface area contributed by atoms with Crippen LogP contribution in [0.15, 0.2) is 24.3 Å². The van der Waals surface area contributed by atoms with Crippen LogP contribution in [0.1, 0.15) is 31.5 Å². The Morgan fingerprint density at radius 2 is 2.00 bits per heavy atom. The third kappa shape index (κ3) is 3.36. The van der Waals surface area contributed by atoms with E-state index in [9.17, 15) is 5.11 Å². The fraction of sp³-hybridized carbons (Fsp3) is 0.529. The van der Waals surface area contributed by atoms with E-state index in [1.54, 1.807) is 0 Å². The van der Waals surface area contributed by atoms with E-state index in [1.807, 2.05) is 24.3 Å². The van der Waals surface area contributed by atoms with Gasteiger partial charge in [0.15, 0.2) is 0 Å². The van der Waals surface area contributed by atoms with E-state index in [2.05, 4.69) is 21.9 Å². The molecule has 1 saturated carbocycles. The Labute approximate surface area is 131 Å². The molecular formula is C17H24N4O. The zero-order chi connectivity index (χ0) is 15.5. The fourth-order valence-electron chi connectivity index (χ4n) is 3.33. The number of nitrogens with two attached hydrogens (primary N) is 1. The van der Waals surface area contributed by atoms with Crippen LogP contribution in [-0.4, -0.2) is 39.7 Å². The van der Waals surface area contributed by atoms with Gasteiger partial charge in [0.1, 0.15) is 11.6 Å². The highest BCUT2D eigenvalue weighted by Gasteiger charge is 2.24. The minimum absolute atomic E-state index is 0.168. The van der Waals surface area contributed by atoms with Crippen molar-refractivity contribution in [3.8, 4) is 0 Å². The van der Waals surface area contributed by atoms with Gasteiger partial charge in [-0.15, -0.1) is 0 Å². The van der Waals surface area contributed by atoms with E-state index in [1.165, 1.54) is 6.42 Å². The molecule has 1 aromatic heterocycles. The highest BCUT2D eigenvalue weighted by molar-refractivity contribution is 5.87. The number of aliphatic hydroxyl groups excluding tert-OH is 1. The SMILES string of the molecule is CN(Cc1nc(N)c2ccccc2n1)CC1CCCCC1O. The molecule has 1 aliphatic rings. The van der Waals surface area contributed by atoms with Crippen LogP contribution in [0.2, 0.25) is 0 Å². The molecule has 0 amide bonds. The zero-order valence-corrected chi connectivity index (χ0v) is 13.1. The number of aromatic nitrogens is 2. The fourth-order valence-corrected chi connectivity index (χ4v) is 3.33. The van der Waals surface area contributed by atoms with E-state index in [0.717, 1.165) is 42.5 Å². The van der Waals surface area contributed by atoms with Crippen molar-refractivity contribution in [2.75, 3.05) is 19.3 Å². The number of rotatable bonds is 4. The Bertz CT molecular complexity index is 646. The van der Waals surface area contributed by atoms with Gasteiger partial charge in [0.2, 0.25) is 0 Å². The molecule has 0 bridgehead atoms. The quantitative estimate of drug-likeness (QED) is 0.905. The molecule has 3 N–H and O–H groups in total. The molecule has 3 rings (SSSR count). The predicted molar refractivity (Wildman–Crippen MR) is 88.2 cm³/mol. The van der Waals surface area contributed by atoms with Gasteiger partial charge in [-0.25, -0.2) is 9.97 Å². The molecule has 1 aliphatic carbocycles. The van der Waals surface area contributed by atoms with Gasteiger partial charge in [0.05, 0.1) is 18.2 Å². The maximum atomic E-state index is 10.1. The van der Waals surface area contributed by atoms with Crippen molar-refractivity contribution >= 4 is 16.7 Å². The van der Waals surface area contributed by atoms with Crippen molar-refractivity contribution in [3.05, 3.63) is 30.1 Å². The van der Waals surface area contributed by atoms with Crippen LogP contribution in [0, 0.1) is 5.92 Å². The molecule has 2 aromatic rings. The summed E-state index contributed by atoms with van der Waals surface area (Å²) in [6.07, 6.45) is 4.23. The van der Waals surface area contributed by atoms with Crippen molar-refractivity contribution in [3.63, 3.8) is 0 Å². The summed E-state index contributed by atoms with van der Waals surface area (Å²) in [5, 5.41) is 11.0. The molecule has 22 heavy (non-hydrogen) atoms. The summed E-state index contributed by atoms with van der Waals surface area (Å²) in [5.74, 6) is 1.63. The number of anilines is 1. The first-order valence-corrected chi connectivity index (χ1v) is 8.01. The topological polar surface area (TPSA) is 75.3 Å². The second-order valence-corrected chi connectivity index (χ2v) is 6.35. The lowest BCUT2D eigenvalue weighted by atomic mass is 9.86. The van der Waals surface area contributed by atoms with E-state index < -0.39 is 0 Å². The molecule has 5 heteroatoms. The average molecular weight is 300 g/mol. The van der Waals surface area contributed by atoms with Gasteiger partial charge in [-0.1, -0.05) is 25.0 Å². The Morgan fingerprint density at radius 3 is 2.82 bits per heavy atom. The van der Waals surface area contributed by atoms with Crippen LogP contribution in [-0.2, 0) is 6.54 Å². The average Bonchev–Trinajstić information content (AvgIpc) is 2.49. The summed E-state index contributed by atoms with van der Waals surface area (Å²) in [4.78, 5) is 11.2. The Morgan fingerprint density at radius 1 is 1.23 bits per heavy atom. The third-order valence-electron chi connectivity index (χ3n) is 4.51. The van der Waals surface area contributed by atoms with Crippen LogP contribution in [0.3, 0.4) is 0 Å². The summed E-state index contributed by atoms with van der Waals surface area (Å²) >= 11 is 0. The van der Waals surface area contributed by atoms with Crippen LogP contribution in [0.5, 0.6) is 0 Å². The van der Waals surface area contributed by atoms with Gasteiger partial charge in [-0.05, 0) is 37.9 Å². The number of para-hydroxylation sites is 1. The molecule has 0 radical (unpaired) electrons. The number of nitrogens with zero attached hydrogens (tertiary/aromatic N) is 3. The summed E-state index contributed by atoms with van der Waals surface area (Å²) < 4.78 is 0. The number of benzene rings is 1. The van der Waals surface area contributed by atoms with Crippen LogP contribution >= 0.6 is 0 Å². The summed E-state index contributed by atoms with van der Waals surface area (Å²) in [6.45, 7) is 1.52. The predicted octanol–water partition coefficient (Wildman–Crippen LogP) is 2.19. The van der Waals surface area contributed by atoms with Gasteiger partial charge in [0, 0.05) is 11.9 Å². The van der Waals surface area contributed by atoms with Crippen molar-refractivity contribution < 1.29 is 5.11 Å². The zero-order valence-electron chi connectivity index (χ0n) is 13.1. The van der Waals surface area contributed by atoms with E-state index in [0.29, 0.717) is 18.3 Å². The standard InChI is InChI=1S/C17H24N4O/c1-21(10-12-6-2-5-9-15(12)22)11-16-19-14-8-4-3-7-13(14)17(18)20-16/h3-4,7-8,12,15,22H,2,5-6,9-11H2,1H3,(H2,18,19,20). The summed E-state index contributed by atoms with van der Waals surface area (Å²) in [5.41, 5.74) is 6.91. The number of nitrogen functional groups attached to an aromatic ring is 1. The van der Waals surface area contributed by atoms with Gasteiger partial charge >= 0.3 is 0 Å². The smallest absolute Gasteiger partial charge is 0.145 e. The second kappa shape index (κ2) is 6.58. The number of hydrogen-bond acceptors (Lipinski definition) is 5. The summed E-state index contributed by atoms with van der Waals surface area (Å²) in [6, 6.07) is 7.80. The largest absolute Gasteiger partial charge is 0.393 e. The van der Waals surface area contributed by atoms with Gasteiger partial charge < -0.3 is 10.8 Å². The monoisotopic (exact) mass is 300 g/mol. The van der Waals surface area contributed by atoms with Crippen LogP contribution in [0.25, 0.3) is 10.9 Å². The number of hydrogen-bond donors (Lipinski definition) is 2. The molecule has 0 spiro atoms. The Kier molecular flexibility index (Phi) is 4.55. The number of aliphatic hydroxyl groups is 1. The van der Waals surface area contributed by atoms with Crippen LogP contribution < -0.4 is 5.73 Å². The van der Waals surface area contributed by atoms with Crippen molar-refractivity contribution in [2.24, 2.45) is 5.92 Å². The number of fused-ring (bicyclic) bond motifs is 1. The lowest BCUT2D eigenvalue weighted by Crippen LogP contribution is -2.35. The van der Waals surface area contributed by atoms with Crippen molar-refractivity contribution in [2.45, 2.75) is 38.3 Å². The first-order chi connectivity index (χ1) is 10.6. The van der Waals surface area contributed by atoms with Crippen molar-refractivity contribution in [1.82, 2.24) is 14.9 Å². The Hall–Kier alpha value is -1.72. The molecule has 0 saturated heterocycles. The van der Waals surface area contributed by atoms with Crippen LogP contribution in [0.4, 0.5) is 5.82 Å². The first kappa shape index (κ1) is 15.2. The normalized spacial score (nSPS) is 22.3. The lowest BCUT2D eigenvalue weighted by Gasteiger charge is -2.31. The maximum Gasteiger partial charge on any atom is 0.145 e. The van der Waals surface area contributed by atoms with Crippen molar-refractivity contribution in [1.29, 1.82) is 0 Å². The van der Waals surface area contributed by atoms with E-state index in [-0.39, 0.29) is 6.10 Å². The minimum Gasteiger partial charge on any atom is -0.393 e. The van der Waals surface area contributed by atoms with Gasteiger partial charge in [-0.2, -0.15) is 0 Å².